The minimum Gasteiger partial charge on any atom is -0.383 e. The maximum absolute atomic E-state index is 11.5. The summed E-state index contributed by atoms with van der Waals surface area (Å²) in [5, 5.41) is 3.04. The Morgan fingerprint density at radius 3 is 2.60 bits per heavy atom. The van der Waals surface area contributed by atoms with Crippen LogP contribution < -0.4 is 11.1 Å². The number of likely N-dealkylation sites (N-methyl/N-ethyl adjacent to an activating group) is 1. The predicted octanol–water partition coefficient (Wildman–Crippen LogP) is 0.977. The van der Waals surface area contributed by atoms with Crippen LogP contribution in [0, 0.1) is 5.92 Å². The minimum absolute atomic E-state index is 0.279. The Morgan fingerprint density at radius 2 is 2.15 bits per heavy atom. The molecule has 1 rings (SSSR count). The third kappa shape index (κ3) is 5.04. The van der Waals surface area contributed by atoms with E-state index in [1.165, 1.54) is 12.8 Å². The second kappa shape index (κ2) is 7.96. The maximum atomic E-state index is 11.5. The van der Waals surface area contributed by atoms with Crippen molar-refractivity contribution < 1.29 is 9.53 Å². The molecular weight excluding hydrogens is 254 g/mol. The van der Waals surface area contributed by atoms with Crippen LogP contribution in [0.5, 0.6) is 0 Å². The summed E-state index contributed by atoms with van der Waals surface area (Å²) in [7, 11) is 3.53. The van der Waals surface area contributed by atoms with Crippen molar-refractivity contribution in [1.82, 2.24) is 10.2 Å². The molecule has 1 aliphatic rings. The van der Waals surface area contributed by atoms with Gasteiger partial charge in [0, 0.05) is 19.7 Å². The normalized spacial score (nSPS) is 19.9. The second-order valence-corrected chi connectivity index (χ2v) is 6.16. The molecule has 1 aliphatic carbocycles. The fraction of sp³-hybridized carbons (Fsp3) is 0.933. The molecule has 0 aromatic rings. The molecule has 3 N–H and O–H groups in total. The zero-order valence-electron chi connectivity index (χ0n) is 13.4. The molecule has 5 heteroatoms. The number of primary amides is 1. The smallest absolute Gasteiger partial charge is 0.237 e. The monoisotopic (exact) mass is 285 g/mol. The number of carbonyl (C=O) groups excluding carboxylic acids is 1. The molecule has 0 aromatic heterocycles. The molecule has 0 spiro atoms. The summed E-state index contributed by atoms with van der Waals surface area (Å²) in [6, 6.07) is 0.611. The molecule has 0 radical (unpaired) electrons. The van der Waals surface area contributed by atoms with Gasteiger partial charge in [-0.1, -0.05) is 0 Å². The third-order valence-corrected chi connectivity index (χ3v) is 4.68. The van der Waals surface area contributed by atoms with Crippen molar-refractivity contribution in [3.63, 3.8) is 0 Å². The number of carbonyl (C=O) groups is 1. The average Bonchev–Trinajstić information content (AvgIpc) is 3.25. The van der Waals surface area contributed by atoms with Gasteiger partial charge in [0.2, 0.25) is 5.91 Å². The Hall–Kier alpha value is -0.650. The molecule has 0 aromatic carbocycles. The summed E-state index contributed by atoms with van der Waals surface area (Å²) < 4.78 is 5.20. The number of nitrogens with two attached hydrogens (primary N) is 1. The summed E-state index contributed by atoms with van der Waals surface area (Å²) in [5.41, 5.74) is 4.86. The topological polar surface area (TPSA) is 67.6 Å². The summed E-state index contributed by atoms with van der Waals surface area (Å²) in [6.45, 7) is 6.89. The van der Waals surface area contributed by atoms with Gasteiger partial charge in [0.25, 0.3) is 0 Å². The lowest BCUT2D eigenvalue weighted by Crippen LogP contribution is -2.52. The van der Waals surface area contributed by atoms with Crippen LogP contribution >= 0.6 is 0 Å². The van der Waals surface area contributed by atoms with E-state index >= 15 is 0 Å². The fourth-order valence-electron chi connectivity index (χ4n) is 2.61. The zero-order valence-corrected chi connectivity index (χ0v) is 13.4. The number of methoxy groups -OCH3 is 1. The van der Waals surface area contributed by atoms with Crippen LogP contribution in [-0.4, -0.2) is 56.2 Å². The van der Waals surface area contributed by atoms with Crippen molar-refractivity contribution in [2.45, 2.75) is 51.1 Å². The number of hydrogen-bond donors (Lipinski definition) is 2. The van der Waals surface area contributed by atoms with Crippen LogP contribution in [0.2, 0.25) is 0 Å². The van der Waals surface area contributed by atoms with Crippen molar-refractivity contribution >= 4 is 5.91 Å². The molecular formula is C15H31N3O2. The molecule has 2 unspecified atom stereocenters. The zero-order chi connectivity index (χ0) is 15.2. The van der Waals surface area contributed by atoms with Gasteiger partial charge in [-0.15, -0.1) is 0 Å². The van der Waals surface area contributed by atoms with Gasteiger partial charge in [0.15, 0.2) is 0 Å². The molecule has 0 bridgehead atoms. The lowest BCUT2D eigenvalue weighted by molar-refractivity contribution is -0.123. The van der Waals surface area contributed by atoms with Gasteiger partial charge >= 0.3 is 0 Å². The van der Waals surface area contributed by atoms with Crippen molar-refractivity contribution in [2.75, 3.05) is 33.9 Å². The molecule has 0 heterocycles. The van der Waals surface area contributed by atoms with Gasteiger partial charge in [-0.05, 0) is 59.0 Å². The van der Waals surface area contributed by atoms with E-state index in [1.807, 2.05) is 6.92 Å². The van der Waals surface area contributed by atoms with Gasteiger partial charge < -0.3 is 15.8 Å². The number of ether oxygens (including phenoxy) is 1. The lowest BCUT2D eigenvalue weighted by atomic mass is 9.95. The van der Waals surface area contributed by atoms with E-state index in [1.54, 1.807) is 14.2 Å². The highest BCUT2D eigenvalue weighted by Crippen LogP contribution is 2.35. The maximum Gasteiger partial charge on any atom is 0.237 e. The average molecular weight is 285 g/mol. The van der Waals surface area contributed by atoms with Gasteiger partial charge in [-0.2, -0.15) is 0 Å². The Bertz CT molecular complexity index is 307. The fourth-order valence-corrected chi connectivity index (χ4v) is 2.61. The van der Waals surface area contributed by atoms with Crippen molar-refractivity contribution in [1.29, 1.82) is 0 Å². The van der Waals surface area contributed by atoms with Crippen LogP contribution in [0.1, 0.15) is 39.5 Å². The van der Waals surface area contributed by atoms with E-state index in [9.17, 15) is 4.79 Å². The van der Waals surface area contributed by atoms with Crippen LogP contribution in [0.3, 0.4) is 0 Å². The summed E-state index contributed by atoms with van der Waals surface area (Å²) in [5.74, 6) is 0.567. The first-order valence-corrected chi connectivity index (χ1v) is 7.66. The van der Waals surface area contributed by atoms with Gasteiger partial charge in [0.05, 0.1) is 12.1 Å². The van der Waals surface area contributed by atoms with Gasteiger partial charge in [0.1, 0.15) is 0 Å². The molecule has 0 saturated heterocycles. The van der Waals surface area contributed by atoms with Crippen molar-refractivity contribution in [3.8, 4) is 0 Å². The number of nitrogens with one attached hydrogen (secondary N) is 1. The first-order valence-electron chi connectivity index (χ1n) is 7.66. The largest absolute Gasteiger partial charge is 0.383 e. The van der Waals surface area contributed by atoms with Gasteiger partial charge in [-0.3, -0.25) is 9.69 Å². The highest BCUT2D eigenvalue weighted by Gasteiger charge is 2.33. The number of rotatable bonds is 11. The summed E-state index contributed by atoms with van der Waals surface area (Å²) in [4.78, 5) is 14.0. The standard InChI is InChI=1S/C15H31N3O2/c1-12(13-6-7-13)18(10-11-20-4)9-5-8-15(2,17-3)14(16)19/h12-13,17H,5-11H2,1-4H3,(H2,16,19). The summed E-state index contributed by atoms with van der Waals surface area (Å²) >= 11 is 0. The lowest BCUT2D eigenvalue weighted by Gasteiger charge is -2.31. The molecule has 20 heavy (non-hydrogen) atoms. The quantitative estimate of drug-likeness (QED) is 0.594. The highest BCUT2D eigenvalue weighted by atomic mass is 16.5. The van der Waals surface area contributed by atoms with E-state index < -0.39 is 5.54 Å². The molecule has 5 nitrogen and oxygen atoms in total. The van der Waals surface area contributed by atoms with Crippen LogP contribution in [0.15, 0.2) is 0 Å². The molecule has 118 valence electrons. The molecule has 0 aliphatic heterocycles. The Balaban J connectivity index is 2.42. The van der Waals surface area contributed by atoms with Crippen molar-refractivity contribution in [3.05, 3.63) is 0 Å². The van der Waals surface area contributed by atoms with Crippen molar-refractivity contribution in [2.24, 2.45) is 11.7 Å². The van der Waals surface area contributed by atoms with Crippen LogP contribution in [0.25, 0.3) is 0 Å². The van der Waals surface area contributed by atoms with Crippen LogP contribution in [-0.2, 0) is 9.53 Å². The Kier molecular flexibility index (Phi) is 6.92. The number of nitrogens with zero attached hydrogens (tertiary/aromatic N) is 1. The first-order chi connectivity index (χ1) is 9.44. The molecule has 1 fully saturated rings. The SMILES string of the molecule is CNC(C)(CCCN(CCOC)C(C)C1CC1)C(N)=O. The van der Waals surface area contributed by atoms with E-state index in [4.69, 9.17) is 10.5 Å². The first kappa shape index (κ1) is 17.4. The van der Waals surface area contributed by atoms with E-state index in [0.29, 0.717) is 6.04 Å². The molecule has 1 amide bonds. The molecule has 2 atom stereocenters. The van der Waals surface area contributed by atoms with E-state index in [0.717, 1.165) is 38.5 Å². The number of hydrogen-bond acceptors (Lipinski definition) is 4. The Labute approximate surface area is 123 Å². The Morgan fingerprint density at radius 1 is 1.50 bits per heavy atom. The highest BCUT2D eigenvalue weighted by molar-refractivity contribution is 5.84. The second-order valence-electron chi connectivity index (χ2n) is 6.16. The van der Waals surface area contributed by atoms with Crippen LogP contribution in [0.4, 0.5) is 0 Å². The number of amides is 1. The summed E-state index contributed by atoms with van der Waals surface area (Å²) in [6.07, 6.45) is 4.42. The minimum atomic E-state index is -0.601. The van der Waals surface area contributed by atoms with E-state index in [2.05, 4.69) is 17.1 Å². The third-order valence-electron chi connectivity index (χ3n) is 4.68. The predicted molar refractivity (Wildman–Crippen MR) is 81.5 cm³/mol. The molecule has 1 saturated carbocycles. The van der Waals surface area contributed by atoms with E-state index in [-0.39, 0.29) is 5.91 Å². The van der Waals surface area contributed by atoms with Gasteiger partial charge in [-0.25, -0.2) is 0 Å².